The molecule has 1 aromatic heterocycles. The number of nitrogens with one attached hydrogen (secondary N) is 1. The lowest BCUT2D eigenvalue weighted by atomic mass is 10.0. The summed E-state index contributed by atoms with van der Waals surface area (Å²) in [5.41, 5.74) is 3.06. The highest BCUT2D eigenvalue weighted by molar-refractivity contribution is 6.31. The number of ether oxygens (including phenoxy) is 1. The summed E-state index contributed by atoms with van der Waals surface area (Å²) in [7, 11) is 1.37. The van der Waals surface area contributed by atoms with E-state index in [2.05, 4.69) is 4.98 Å². The summed E-state index contributed by atoms with van der Waals surface area (Å²) >= 11 is 6.07. The number of hydrogen-bond acceptors (Lipinski definition) is 2. The Labute approximate surface area is 121 Å². The molecule has 0 amide bonds. The molecule has 4 heteroatoms. The molecule has 3 aromatic rings. The molecular weight excluding hydrogens is 274 g/mol. The summed E-state index contributed by atoms with van der Waals surface area (Å²) < 4.78 is 4.86. The SMILES string of the molecule is COC(=O)c1[nH]c2ccc(Cl)cc2c1-c1ccccc1. The Morgan fingerprint density at radius 2 is 1.90 bits per heavy atom. The highest BCUT2D eigenvalue weighted by Gasteiger charge is 2.19. The zero-order valence-corrected chi connectivity index (χ0v) is 11.6. The predicted molar refractivity (Wildman–Crippen MR) is 80.1 cm³/mol. The zero-order valence-electron chi connectivity index (χ0n) is 10.8. The Kier molecular flexibility index (Phi) is 3.20. The number of carbonyl (C=O) groups excluding carboxylic acids is 1. The first-order valence-electron chi connectivity index (χ1n) is 6.15. The number of esters is 1. The fourth-order valence-electron chi connectivity index (χ4n) is 2.32. The molecule has 0 bridgehead atoms. The molecule has 3 rings (SSSR count). The lowest BCUT2D eigenvalue weighted by molar-refractivity contribution is 0.0596. The van der Waals surface area contributed by atoms with Crippen molar-refractivity contribution in [3.63, 3.8) is 0 Å². The highest BCUT2D eigenvalue weighted by Crippen LogP contribution is 2.34. The van der Waals surface area contributed by atoms with Crippen LogP contribution in [-0.2, 0) is 4.74 Å². The van der Waals surface area contributed by atoms with Crippen LogP contribution >= 0.6 is 11.6 Å². The van der Waals surface area contributed by atoms with Crippen LogP contribution in [0.25, 0.3) is 22.0 Å². The number of benzene rings is 2. The minimum absolute atomic E-state index is 0.392. The molecule has 0 aliphatic rings. The van der Waals surface area contributed by atoms with Crippen LogP contribution in [0.3, 0.4) is 0 Å². The Morgan fingerprint density at radius 3 is 2.60 bits per heavy atom. The van der Waals surface area contributed by atoms with Crippen molar-refractivity contribution in [2.24, 2.45) is 0 Å². The van der Waals surface area contributed by atoms with Crippen LogP contribution in [0.2, 0.25) is 5.02 Å². The molecule has 2 aromatic carbocycles. The van der Waals surface area contributed by atoms with Gasteiger partial charge in [-0.1, -0.05) is 41.9 Å². The van der Waals surface area contributed by atoms with Gasteiger partial charge >= 0.3 is 5.97 Å². The molecule has 0 aliphatic heterocycles. The fraction of sp³-hybridized carbons (Fsp3) is 0.0625. The Balaban J connectivity index is 2.36. The standard InChI is InChI=1S/C16H12ClNO2/c1-20-16(19)15-14(10-5-3-2-4-6-10)12-9-11(17)7-8-13(12)18-15/h2-9,18H,1H3. The molecule has 1 heterocycles. The van der Waals surface area contributed by atoms with Gasteiger partial charge in [0.15, 0.2) is 0 Å². The average molecular weight is 286 g/mol. The van der Waals surface area contributed by atoms with Crippen LogP contribution in [0, 0.1) is 0 Å². The molecule has 20 heavy (non-hydrogen) atoms. The van der Waals surface area contributed by atoms with Gasteiger partial charge in [-0.2, -0.15) is 0 Å². The van der Waals surface area contributed by atoms with Gasteiger partial charge in [-0.05, 0) is 23.8 Å². The number of aromatic nitrogens is 1. The van der Waals surface area contributed by atoms with Crippen molar-refractivity contribution in [1.82, 2.24) is 4.98 Å². The lowest BCUT2D eigenvalue weighted by Gasteiger charge is -2.03. The van der Waals surface area contributed by atoms with Gasteiger partial charge in [-0.15, -0.1) is 0 Å². The van der Waals surface area contributed by atoms with Gasteiger partial charge in [0, 0.05) is 21.5 Å². The number of carbonyl (C=O) groups is 1. The third kappa shape index (κ3) is 2.06. The minimum atomic E-state index is -0.392. The largest absolute Gasteiger partial charge is 0.464 e. The number of H-pyrrole nitrogens is 1. The topological polar surface area (TPSA) is 42.1 Å². The Bertz CT molecular complexity index is 778. The zero-order chi connectivity index (χ0) is 14.1. The van der Waals surface area contributed by atoms with Crippen molar-refractivity contribution in [3.8, 4) is 11.1 Å². The van der Waals surface area contributed by atoms with E-state index in [0.717, 1.165) is 22.0 Å². The van der Waals surface area contributed by atoms with Crippen LogP contribution in [0.5, 0.6) is 0 Å². The van der Waals surface area contributed by atoms with Gasteiger partial charge in [0.05, 0.1) is 7.11 Å². The van der Waals surface area contributed by atoms with Crippen LogP contribution < -0.4 is 0 Å². The fourth-order valence-corrected chi connectivity index (χ4v) is 2.50. The third-order valence-electron chi connectivity index (χ3n) is 3.21. The number of aromatic amines is 1. The van der Waals surface area contributed by atoms with E-state index in [1.807, 2.05) is 42.5 Å². The summed E-state index contributed by atoms with van der Waals surface area (Å²) in [4.78, 5) is 15.1. The van der Waals surface area contributed by atoms with Crippen LogP contribution in [0.15, 0.2) is 48.5 Å². The molecule has 0 unspecified atom stereocenters. The molecular formula is C16H12ClNO2. The summed E-state index contributed by atoms with van der Waals surface area (Å²) in [6, 6.07) is 15.2. The van der Waals surface area contributed by atoms with Gasteiger partial charge in [-0.3, -0.25) is 0 Å². The highest BCUT2D eigenvalue weighted by atomic mass is 35.5. The van der Waals surface area contributed by atoms with Crippen molar-refractivity contribution in [1.29, 1.82) is 0 Å². The summed E-state index contributed by atoms with van der Waals surface area (Å²) in [6.45, 7) is 0. The first kappa shape index (κ1) is 12.8. The number of halogens is 1. The van der Waals surface area contributed by atoms with E-state index in [4.69, 9.17) is 16.3 Å². The molecule has 1 N–H and O–H groups in total. The van der Waals surface area contributed by atoms with E-state index >= 15 is 0 Å². The first-order chi connectivity index (χ1) is 9.70. The van der Waals surface area contributed by atoms with Gasteiger partial charge in [-0.25, -0.2) is 4.79 Å². The maximum Gasteiger partial charge on any atom is 0.355 e. The average Bonchev–Trinajstić information content (AvgIpc) is 2.85. The van der Waals surface area contributed by atoms with E-state index in [1.54, 1.807) is 6.07 Å². The normalized spacial score (nSPS) is 10.7. The summed E-state index contributed by atoms with van der Waals surface area (Å²) in [6.07, 6.45) is 0. The van der Waals surface area contributed by atoms with Gasteiger partial charge in [0.1, 0.15) is 5.69 Å². The van der Waals surface area contributed by atoms with Gasteiger partial charge in [0.25, 0.3) is 0 Å². The van der Waals surface area contributed by atoms with Crippen LogP contribution in [0.4, 0.5) is 0 Å². The van der Waals surface area contributed by atoms with Gasteiger partial charge < -0.3 is 9.72 Å². The second-order valence-corrected chi connectivity index (χ2v) is 4.86. The number of fused-ring (bicyclic) bond motifs is 1. The maximum absolute atomic E-state index is 12.0. The van der Waals surface area contributed by atoms with E-state index in [9.17, 15) is 4.79 Å². The van der Waals surface area contributed by atoms with Crippen molar-refractivity contribution >= 4 is 28.5 Å². The lowest BCUT2D eigenvalue weighted by Crippen LogP contribution is -2.03. The molecule has 0 saturated carbocycles. The predicted octanol–water partition coefficient (Wildman–Crippen LogP) is 4.27. The summed E-state index contributed by atoms with van der Waals surface area (Å²) in [5, 5.41) is 1.54. The van der Waals surface area contributed by atoms with E-state index in [1.165, 1.54) is 7.11 Å². The quantitative estimate of drug-likeness (QED) is 0.714. The second-order valence-electron chi connectivity index (χ2n) is 4.42. The maximum atomic E-state index is 12.0. The Morgan fingerprint density at radius 1 is 1.15 bits per heavy atom. The van der Waals surface area contributed by atoms with Crippen molar-refractivity contribution in [2.75, 3.05) is 7.11 Å². The van der Waals surface area contributed by atoms with Gasteiger partial charge in [0.2, 0.25) is 0 Å². The Hall–Kier alpha value is -2.26. The van der Waals surface area contributed by atoms with Crippen LogP contribution in [-0.4, -0.2) is 18.1 Å². The molecule has 0 spiro atoms. The third-order valence-corrected chi connectivity index (χ3v) is 3.45. The number of methoxy groups -OCH3 is 1. The smallest absolute Gasteiger partial charge is 0.355 e. The molecule has 0 aliphatic carbocycles. The number of rotatable bonds is 2. The minimum Gasteiger partial charge on any atom is -0.464 e. The van der Waals surface area contributed by atoms with Crippen LogP contribution in [0.1, 0.15) is 10.5 Å². The monoisotopic (exact) mass is 285 g/mol. The number of hydrogen-bond donors (Lipinski definition) is 1. The van der Waals surface area contributed by atoms with E-state index in [0.29, 0.717) is 10.7 Å². The van der Waals surface area contributed by atoms with Crippen molar-refractivity contribution in [2.45, 2.75) is 0 Å². The van der Waals surface area contributed by atoms with Crippen molar-refractivity contribution < 1.29 is 9.53 Å². The van der Waals surface area contributed by atoms with E-state index < -0.39 is 5.97 Å². The first-order valence-corrected chi connectivity index (χ1v) is 6.53. The summed E-state index contributed by atoms with van der Waals surface area (Å²) in [5.74, 6) is -0.392. The van der Waals surface area contributed by atoms with Crippen molar-refractivity contribution in [3.05, 3.63) is 59.2 Å². The van der Waals surface area contributed by atoms with E-state index in [-0.39, 0.29) is 0 Å². The second kappa shape index (κ2) is 5.02. The molecule has 0 fully saturated rings. The molecule has 3 nitrogen and oxygen atoms in total. The molecule has 0 atom stereocenters. The molecule has 0 radical (unpaired) electrons. The molecule has 100 valence electrons. The molecule has 0 saturated heterocycles.